The Morgan fingerprint density at radius 3 is 2.29 bits per heavy atom. The summed E-state index contributed by atoms with van der Waals surface area (Å²) in [5.41, 5.74) is -0.0677. The molecule has 0 aliphatic carbocycles. The Balaban J connectivity index is 2.78. The van der Waals surface area contributed by atoms with Gasteiger partial charge in [0.15, 0.2) is 0 Å². The summed E-state index contributed by atoms with van der Waals surface area (Å²) in [5, 5.41) is 1.69. The number of carbonyl (C=O) groups excluding carboxylic acids is 1. The lowest BCUT2D eigenvalue weighted by Gasteiger charge is -2.09. The predicted octanol–water partition coefficient (Wildman–Crippen LogP) is 1.44. The maximum atomic E-state index is 12.0. The number of amides is 1. The highest BCUT2D eigenvalue weighted by Crippen LogP contribution is 2.14. The van der Waals surface area contributed by atoms with Gasteiger partial charge in [0.05, 0.1) is 4.90 Å². The zero-order chi connectivity index (χ0) is 16.1. The van der Waals surface area contributed by atoms with Crippen LogP contribution in [0.4, 0.5) is 13.2 Å². The molecule has 0 bridgehead atoms. The molecule has 0 aliphatic heterocycles. The molecule has 0 saturated carbocycles. The van der Waals surface area contributed by atoms with Gasteiger partial charge in [0, 0.05) is 12.1 Å². The van der Waals surface area contributed by atoms with E-state index in [2.05, 4.69) is 11.3 Å². The Kier molecular flexibility index (Phi) is 5.50. The minimum absolute atomic E-state index is 0.0379. The summed E-state index contributed by atoms with van der Waals surface area (Å²) in [7, 11) is -3.73. The molecule has 0 saturated heterocycles. The van der Waals surface area contributed by atoms with Crippen LogP contribution in [0, 0.1) is 0 Å². The molecule has 0 spiro atoms. The first-order valence-corrected chi connectivity index (χ1v) is 7.19. The summed E-state index contributed by atoms with van der Waals surface area (Å²) in [6.45, 7) is 1.95. The number of hydrogen-bond acceptors (Lipinski definition) is 3. The Bertz CT molecular complexity index is 610. The molecule has 116 valence electrons. The predicted molar refractivity (Wildman–Crippen MR) is 70.2 cm³/mol. The van der Waals surface area contributed by atoms with Crippen LogP contribution in [0.25, 0.3) is 0 Å². The molecule has 0 atom stereocenters. The number of rotatable bonds is 6. The van der Waals surface area contributed by atoms with E-state index in [0.29, 0.717) is 0 Å². The van der Waals surface area contributed by atoms with Gasteiger partial charge in [0.1, 0.15) is 6.54 Å². The smallest absolute Gasteiger partial charge is 0.343 e. The second kappa shape index (κ2) is 6.72. The van der Waals surface area contributed by atoms with Gasteiger partial charge in [0.2, 0.25) is 10.0 Å². The van der Waals surface area contributed by atoms with Gasteiger partial charge in [-0.25, -0.2) is 13.1 Å². The third-order valence-electron chi connectivity index (χ3n) is 2.29. The molecule has 0 aromatic heterocycles. The topological polar surface area (TPSA) is 75.3 Å². The van der Waals surface area contributed by atoms with Gasteiger partial charge >= 0.3 is 6.18 Å². The van der Waals surface area contributed by atoms with E-state index < -0.39 is 28.7 Å². The number of halogens is 3. The standard InChI is InChI=1S/C12H13F3N2O3S/c1-2-7-17-21(19,20)10-5-3-9(4-6-10)11(18)16-8-12(13,14)15/h2-6,17H,1,7-8H2,(H,16,18). The summed E-state index contributed by atoms with van der Waals surface area (Å²) < 4.78 is 61.5. The van der Waals surface area contributed by atoms with E-state index in [-0.39, 0.29) is 17.0 Å². The van der Waals surface area contributed by atoms with Crippen LogP contribution in [0.2, 0.25) is 0 Å². The second-order valence-corrected chi connectivity index (χ2v) is 5.73. The summed E-state index contributed by atoms with van der Waals surface area (Å²) in [6.07, 6.45) is -3.15. The number of alkyl halides is 3. The quantitative estimate of drug-likeness (QED) is 0.778. The van der Waals surface area contributed by atoms with Gasteiger partial charge in [0.25, 0.3) is 5.91 Å². The van der Waals surface area contributed by atoms with Crippen LogP contribution in [-0.4, -0.2) is 33.6 Å². The molecule has 0 unspecified atom stereocenters. The van der Waals surface area contributed by atoms with Gasteiger partial charge in [-0.3, -0.25) is 4.79 Å². The SMILES string of the molecule is C=CCNS(=O)(=O)c1ccc(C(=O)NCC(F)(F)F)cc1. The first-order chi connectivity index (χ1) is 9.65. The monoisotopic (exact) mass is 322 g/mol. The normalized spacial score (nSPS) is 12.0. The fraction of sp³-hybridized carbons (Fsp3) is 0.250. The van der Waals surface area contributed by atoms with E-state index in [1.807, 2.05) is 0 Å². The van der Waals surface area contributed by atoms with Gasteiger partial charge in [-0.2, -0.15) is 13.2 Å². The van der Waals surface area contributed by atoms with E-state index in [4.69, 9.17) is 0 Å². The van der Waals surface area contributed by atoms with Crippen LogP contribution < -0.4 is 10.0 Å². The van der Waals surface area contributed by atoms with E-state index in [1.54, 1.807) is 5.32 Å². The number of sulfonamides is 1. The largest absolute Gasteiger partial charge is 0.405 e. The van der Waals surface area contributed by atoms with Gasteiger partial charge in [-0.05, 0) is 24.3 Å². The van der Waals surface area contributed by atoms with Crippen molar-refractivity contribution < 1.29 is 26.4 Å². The van der Waals surface area contributed by atoms with Crippen molar-refractivity contribution in [3.8, 4) is 0 Å². The molecule has 9 heteroatoms. The third-order valence-corrected chi connectivity index (χ3v) is 3.73. The molecular weight excluding hydrogens is 309 g/mol. The summed E-state index contributed by atoms with van der Waals surface area (Å²) in [4.78, 5) is 11.3. The number of benzene rings is 1. The van der Waals surface area contributed by atoms with E-state index in [0.717, 1.165) is 24.3 Å². The van der Waals surface area contributed by atoms with E-state index in [9.17, 15) is 26.4 Å². The lowest BCUT2D eigenvalue weighted by molar-refractivity contribution is -0.123. The lowest BCUT2D eigenvalue weighted by atomic mass is 10.2. The number of nitrogens with one attached hydrogen (secondary N) is 2. The minimum Gasteiger partial charge on any atom is -0.343 e. The zero-order valence-electron chi connectivity index (χ0n) is 10.8. The van der Waals surface area contributed by atoms with Crippen molar-refractivity contribution in [2.75, 3.05) is 13.1 Å². The molecule has 1 amide bonds. The van der Waals surface area contributed by atoms with E-state index >= 15 is 0 Å². The van der Waals surface area contributed by atoms with E-state index in [1.165, 1.54) is 6.08 Å². The van der Waals surface area contributed by atoms with Crippen molar-refractivity contribution in [1.82, 2.24) is 10.0 Å². The van der Waals surface area contributed by atoms with Crippen molar-refractivity contribution in [2.24, 2.45) is 0 Å². The molecule has 21 heavy (non-hydrogen) atoms. The zero-order valence-corrected chi connectivity index (χ0v) is 11.6. The molecule has 0 aliphatic rings. The molecule has 0 fully saturated rings. The number of hydrogen-bond donors (Lipinski definition) is 2. The van der Waals surface area contributed by atoms with Crippen LogP contribution >= 0.6 is 0 Å². The van der Waals surface area contributed by atoms with Crippen LogP contribution in [0.15, 0.2) is 41.8 Å². The fourth-order valence-corrected chi connectivity index (χ4v) is 2.32. The van der Waals surface area contributed by atoms with Gasteiger partial charge in [-0.1, -0.05) is 6.08 Å². The first-order valence-electron chi connectivity index (χ1n) is 5.71. The van der Waals surface area contributed by atoms with Crippen LogP contribution in [0.3, 0.4) is 0 Å². The number of carbonyl (C=O) groups is 1. The van der Waals surface area contributed by atoms with Crippen molar-refractivity contribution >= 4 is 15.9 Å². The average Bonchev–Trinajstić information content (AvgIpc) is 2.42. The highest BCUT2D eigenvalue weighted by atomic mass is 32.2. The summed E-state index contributed by atoms with van der Waals surface area (Å²) >= 11 is 0. The molecule has 1 rings (SSSR count). The van der Waals surface area contributed by atoms with Crippen LogP contribution in [0.5, 0.6) is 0 Å². The lowest BCUT2D eigenvalue weighted by Crippen LogP contribution is -2.33. The highest BCUT2D eigenvalue weighted by Gasteiger charge is 2.27. The maximum absolute atomic E-state index is 12.0. The maximum Gasteiger partial charge on any atom is 0.405 e. The molecule has 1 aromatic rings. The summed E-state index contributed by atoms with van der Waals surface area (Å²) in [6, 6.07) is 4.53. The Morgan fingerprint density at radius 2 is 1.81 bits per heavy atom. The van der Waals surface area contributed by atoms with Crippen molar-refractivity contribution in [3.05, 3.63) is 42.5 Å². The van der Waals surface area contributed by atoms with Crippen molar-refractivity contribution in [3.63, 3.8) is 0 Å². The Labute approximate surface area is 119 Å². The van der Waals surface area contributed by atoms with Gasteiger partial charge in [-0.15, -0.1) is 6.58 Å². The summed E-state index contributed by atoms with van der Waals surface area (Å²) in [5.74, 6) is -0.935. The molecular formula is C12H13F3N2O3S. The second-order valence-electron chi connectivity index (χ2n) is 3.96. The molecule has 2 N–H and O–H groups in total. The fourth-order valence-electron chi connectivity index (χ4n) is 1.32. The molecule has 0 radical (unpaired) electrons. The average molecular weight is 322 g/mol. The van der Waals surface area contributed by atoms with Crippen molar-refractivity contribution in [2.45, 2.75) is 11.1 Å². The molecule has 0 heterocycles. The molecule has 5 nitrogen and oxygen atoms in total. The Hall–Kier alpha value is -1.87. The first kappa shape index (κ1) is 17.2. The van der Waals surface area contributed by atoms with Crippen LogP contribution in [0.1, 0.15) is 10.4 Å². The Morgan fingerprint density at radius 1 is 1.24 bits per heavy atom. The highest BCUT2D eigenvalue weighted by molar-refractivity contribution is 7.89. The minimum atomic E-state index is -4.51. The van der Waals surface area contributed by atoms with Crippen molar-refractivity contribution in [1.29, 1.82) is 0 Å². The third kappa shape index (κ3) is 5.56. The van der Waals surface area contributed by atoms with Gasteiger partial charge < -0.3 is 5.32 Å². The molecule has 1 aromatic carbocycles. The van der Waals surface area contributed by atoms with Crippen LogP contribution in [-0.2, 0) is 10.0 Å².